The van der Waals surface area contributed by atoms with Gasteiger partial charge in [0.15, 0.2) is 0 Å². The van der Waals surface area contributed by atoms with Gasteiger partial charge in [-0.1, -0.05) is 19.1 Å². The Hall–Kier alpha value is -0.830. The van der Waals surface area contributed by atoms with Crippen molar-refractivity contribution in [3.8, 4) is 0 Å². The van der Waals surface area contributed by atoms with Crippen LogP contribution in [-0.2, 0) is 4.79 Å². The van der Waals surface area contributed by atoms with Crippen LogP contribution in [0.2, 0.25) is 0 Å². The highest BCUT2D eigenvalue weighted by Crippen LogP contribution is 2.08. The van der Waals surface area contributed by atoms with E-state index in [1.807, 2.05) is 6.92 Å². The predicted molar refractivity (Wildman–Crippen MR) is 53.5 cm³/mol. The van der Waals surface area contributed by atoms with Gasteiger partial charge < -0.3 is 10.6 Å². The van der Waals surface area contributed by atoms with Crippen molar-refractivity contribution in [1.29, 1.82) is 0 Å². The molecule has 74 valence electrons. The van der Waals surface area contributed by atoms with Crippen LogP contribution in [-0.4, -0.2) is 25.0 Å². The molecule has 2 N–H and O–H groups in total. The summed E-state index contributed by atoms with van der Waals surface area (Å²) in [4.78, 5) is 11.3. The van der Waals surface area contributed by atoms with E-state index in [1.165, 1.54) is 0 Å². The van der Waals surface area contributed by atoms with E-state index in [0.717, 1.165) is 25.9 Å². The van der Waals surface area contributed by atoms with Crippen molar-refractivity contribution in [2.75, 3.05) is 13.1 Å². The second-order valence-corrected chi connectivity index (χ2v) is 3.31. The van der Waals surface area contributed by atoms with Crippen LogP contribution in [0.5, 0.6) is 0 Å². The summed E-state index contributed by atoms with van der Waals surface area (Å²) < 4.78 is 0. The number of rotatable bonds is 5. The first-order valence-corrected chi connectivity index (χ1v) is 4.98. The molecule has 1 amide bonds. The van der Waals surface area contributed by atoms with Gasteiger partial charge in [-0.15, -0.1) is 0 Å². The number of amides is 1. The van der Waals surface area contributed by atoms with Crippen LogP contribution in [0.3, 0.4) is 0 Å². The van der Waals surface area contributed by atoms with Crippen LogP contribution < -0.4 is 10.6 Å². The number of hydrogen-bond acceptors (Lipinski definition) is 2. The number of hydrogen-bond donors (Lipinski definition) is 2. The van der Waals surface area contributed by atoms with Gasteiger partial charge >= 0.3 is 0 Å². The van der Waals surface area contributed by atoms with Crippen LogP contribution in [0.15, 0.2) is 12.2 Å². The Balaban J connectivity index is 2.03. The lowest BCUT2D eigenvalue weighted by molar-refractivity contribution is -0.121. The van der Waals surface area contributed by atoms with E-state index >= 15 is 0 Å². The first kappa shape index (κ1) is 10.3. The molecular formula is C10H18N2O. The third-order valence-corrected chi connectivity index (χ3v) is 2.15. The van der Waals surface area contributed by atoms with Crippen molar-refractivity contribution >= 4 is 5.91 Å². The van der Waals surface area contributed by atoms with Crippen molar-refractivity contribution in [2.24, 2.45) is 0 Å². The Morgan fingerprint density at radius 3 is 2.77 bits per heavy atom. The maximum absolute atomic E-state index is 11.3. The average molecular weight is 182 g/mol. The summed E-state index contributed by atoms with van der Waals surface area (Å²) in [6.07, 6.45) is 6.81. The van der Waals surface area contributed by atoms with Gasteiger partial charge in [0.25, 0.3) is 0 Å². The molecule has 1 aliphatic rings. The summed E-state index contributed by atoms with van der Waals surface area (Å²) in [5.41, 5.74) is 0. The van der Waals surface area contributed by atoms with Gasteiger partial charge in [0.2, 0.25) is 5.91 Å². The van der Waals surface area contributed by atoms with Crippen molar-refractivity contribution in [1.82, 2.24) is 10.6 Å². The van der Waals surface area contributed by atoms with E-state index in [9.17, 15) is 4.79 Å². The number of carbonyl (C=O) groups excluding carboxylic acids is 1. The zero-order chi connectivity index (χ0) is 9.52. The molecule has 0 heterocycles. The molecular weight excluding hydrogens is 164 g/mol. The lowest BCUT2D eigenvalue weighted by Gasteiger charge is -2.11. The van der Waals surface area contributed by atoms with Gasteiger partial charge in [-0.05, 0) is 19.4 Å². The van der Waals surface area contributed by atoms with E-state index in [1.54, 1.807) is 0 Å². The van der Waals surface area contributed by atoms with Crippen LogP contribution in [0.4, 0.5) is 0 Å². The molecule has 0 saturated carbocycles. The largest absolute Gasteiger partial charge is 0.353 e. The molecule has 1 aliphatic carbocycles. The Morgan fingerprint density at radius 2 is 2.15 bits per heavy atom. The summed E-state index contributed by atoms with van der Waals surface area (Å²) in [6, 6.07) is 0.356. The molecule has 13 heavy (non-hydrogen) atoms. The standard InChI is InChI=1S/C10H18N2O/c1-2-11-8-7-10(13)12-9-5-3-4-6-9/h3-4,9,11H,2,5-8H2,1H3,(H,12,13). The SMILES string of the molecule is CCNCCC(=O)NC1CC=CC1. The Labute approximate surface area is 79.6 Å². The van der Waals surface area contributed by atoms with Crippen LogP contribution in [0.1, 0.15) is 26.2 Å². The molecule has 0 spiro atoms. The van der Waals surface area contributed by atoms with Gasteiger partial charge in [0, 0.05) is 19.0 Å². The fraction of sp³-hybridized carbons (Fsp3) is 0.700. The third kappa shape index (κ3) is 4.08. The maximum Gasteiger partial charge on any atom is 0.221 e. The normalized spacial score (nSPS) is 16.4. The minimum atomic E-state index is 0.162. The molecule has 0 radical (unpaired) electrons. The molecule has 3 heteroatoms. The summed E-state index contributed by atoms with van der Waals surface area (Å²) in [6.45, 7) is 3.75. The van der Waals surface area contributed by atoms with Crippen LogP contribution in [0.25, 0.3) is 0 Å². The second-order valence-electron chi connectivity index (χ2n) is 3.31. The zero-order valence-corrected chi connectivity index (χ0v) is 8.18. The Morgan fingerprint density at radius 1 is 1.46 bits per heavy atom. The lowest BCUT2D eigenvalue weighted by Crippen LogP contribution is -2.34. The van der Waals surface area contributed by atoms with E-state index < -0.39 is 0 Å². The predicted octanol–water partition coefficient (Wildman–Crippen LogP) is 0.821. The van der Waals surface area contributed by atoms with Gasteiger partial charge in [0.05, 0.1) is 0 Å². The van der Waals surface area contributed by atoms with Gasteiger partial charge in [-0.25, -0.2) is 0 Å². The molecule has 0 aromatic carbocycles. The van der Waals surface area contributed by atoms with Gasteiger partial charge in [-0.3, -0.25) is 4.79 Å². The smallest absolute Gasteiger partial charge is 0.221 e. The molecule has 3 nitrogen and oxygen atoms in total. The quantitative estimate of drug-likeness (QED) is 0.488. The Bertz CT molecular complexity index is 181. The highest BCUT2D eigenvalue weighted by molar-refractivity contribution is 5.76. The second kappa shape index (κ2) is 5.75. The first-order valence-electron chi connectivity index (χ1n) is 4.98. The third-order valence-electron chi connectivity index (χ3n) is 2.15. The Kier molecular flexibility index (Phi) is 4.54. The van der Waals surface area contributed by atoms with Crippen molar-refractivity contribution in [3.63, 3.8) is 0 Å². The van der Waals surface area contributed by atoms with Crippen LogP contribution in [0, 0.1) is 0 Å². The summed E-state index contributed by atoms with van der Waals surface area (Å²) in [7, 11) is 0. The molecule has 0 bridgehead atoms. The molecule has 0 atom stereocenters. The zero-order valence-electron chi connectivity index (χ0n) is 8.18. The summed E-state index contributed by atoms with van der Waals surface area (Å²) in [5.74, 6) is 0.162. The van der Waals surface area contributed by atoms with E-state index in [2.05, 4.69) is 22.8 Å². The van der Waals surface area contributed by atoms with Gasteiger partial charge in [0.1, 0.15) is 0 Å². The summed E-state index contributed by atoms with van der Waals surface area (Å²) >= 11 is 0. The van der Waals surface area contributed by atoms with Crippen LogP contribution >= 0.6 is 0 Å². The molecule has 0 saturated heterocycles. The molecule has 0 unspecified atom stereocenters. The first-order chi connectivity index (χ1) is 6.33. The fourth-order valence-corrected chi connectivity index (χ4v) is 1.41. The van der Waals surface area contributed by atoms with E-state index in [0.29, 0.717) is 12.5 Å². The molecule has 0 aromatic rings. The minimum Gasteiger partial charge on any atom is -0.353 e. The molecule has 0 aromatic heterocycles. The minimum absolute atomic E-state index is 0.162. The van der Waals surface area contributed by atoms with E-state index in [4.69, 9.17) is 0 Å². The highest BCUT2D eigenvalue weighted by Gasteiger charge is 2.12. The summed E-state index contributed by atoms with van der Waals surface area (Å²) in [5, 5.41) is 6.12. The average Bonchev–Trinajstić information content (AvgIpc) is 2.57. The highest BCUT2D eigenvalue weighted by atomic mass is 16.1. The van der Waals surface area contributed by atoms with E-state index in [-0.39, 0.29) is 5.91 Å². The topological polar surface area (TPSA) is 41.1 Å². The molecule has 0 aliphatic heterocycles. The van der Waals surface area contributed by atoms with Crippen molar-refractivity contribution in [3.05, 3.63) is 12.2 Å². The molecule has 1 rings (SSSR count). The lowest BCUT2D eigenvalue weighted by atomic mass is 10.2. The fourth-order valence-electron chi connectivity index (χ4n) is 1.41. The number of nitrogens with one attached hydrogen (secondary N) is 2. The van der Waals surface area contributed by atoms with Crippen molar-refractivity contribution in [2.45, 2.75) is 32.2 Å². The van der Waals surface area contributed by atoms with Gasteiger partial charge in [-0.2, -0.15) is 0 Å². The number of carbonyl (C=O) groups is 1. The monoisotopic (exact) mass is 182 g/mol. The maximum atomic E-state index is 11.3. The van der Waals surface area contributed by atoms with Crippen molar-refractivity contribution < 1.29 is 4.79 Å². The molecule has 0 fully saturated rings.